The van der Waals surface area contributed by atoms with Gasteiger partial charge in [0.05, 0.1) is 40.5 Å². The summed E-state index contributed by atoms with van der Waals surface area (Å²) < 4.78 is 42.2. The molecule has 304 valence electrons. The van der Waals surface area contributed by atoms with Crippen LogP contribution in [0.4, 0.5) is 4.39 Å². The molecule has 0 saturated heterocycles. The van der Waals surface area contributed by atoms with Gasteiger partial charge < -0.3 is 23.7 Å². The van der Waals surface area contributed by atoms with Crippen molar-refractivity contribution in [1.29, 1.82) is 5.26 Å². The van der Waals surface area contributed by atoms with Crippen LogP contribution in [0.3, 0.4) is 0 Å². The number of ether oxygens (including phenoxy) is 5. The van der Waals surface area contributed by atoms with E-state index in [0.29, 0.717) is 17.9 Å². The van der Waals surface area contributed by atoms with E-state index in [1.54, 1.807) is 24.3 Å². The lowest BCUT2D eigenvalue weighted by Gasteiger charge is -2.10. The standard InChI is InChI=1S/C48H46FNO9/c1-2-3-4-5-6-7-8-9-10-11-12-30-55-39-25-18-36(19-26-39)46(52)59-44-29-22-38(32-43(44)49)48(54)58-42-15-13-14-37(31-42)47(53)57-41-27-20-35(21-28-41)45(51)56-40-23-16-34(33-50)17-24-40/h13-29,31-32H,2-12,30H2,1H3. The Kier molecular flexibility index (Phi) is 16.8. The van der Waals surface area contributed by atoms with Crippen LogP contribution in [0.25, 0.3) is 0 Å². The molecule has 0 bridgehead atoms. The summed E-state index contributed by atoms with van der Waals surface area (Å²) in [5.74, 6) is -3.41. The molecular formula is C48H46FNO9. The largest absolute Gasteiger partial charge is 0.494 e. The van der Waals surface area contributed by atoms with Crippen molar-refractivity contribution in [1.82, 2.24) is 0 Å². The van der Waals surface area contributed by atoms with E-state index in [9.17, 15) is 19.2 Å². The Labute approximate surface area is 343 Å². The smallest absolute Gasteiger partial charge is 0.343 e. The van der Waals surface area contributed by atoms with Gasteiger partial charge in [0.25, 0.3) is 0 Å². The van der Waals surface area contributed by atoms with Crippen LogP contribution in [0, 0.1) is 17.1 Å². The van der Waals surface area contributed by atoms with Crippen LogP contribution in [0.1, 0.15) is 125 Å². The molecule has 0 atom stereocenters. The second-order valence-corrected chi connectivity index (χ2v) is 13.8. The van der Waals surface area contributed by atoms with E-state index in [2.05, 4.69) is 6.92 Å². The summed E-state index contributed by atoms with van der Waals surface area (Å²) in [4.78, 5) is 51.0. The molecule has 5 aromatic rings. The lowest BCUT2D eigenvalue weighted by atomic mass is 10.1. The average Bonchev–Trinajstić information content (AvgIpc) is 3.25. The molecule has 0 fully saturated rings. The zero-order valence-corrected chi connectivity index (χ0v) is 33.0. The Bertz CT molecular complexity index is 2210. The topological polar surface area (TPSA) is 138 Å². The zero-order chi connectivity index (χ0) is 41.8. The van der Waals surface area contributed by atoms with Crippen molar-refractivity contribution in [2.75, 3.05) is 6.61 Å². The minimum absolute atomic E-state index is 0.00696. The third-order valence-electron chi connectivity index (χ3n) is 9.25. The molecule has 0 spiro atoms. The van der Waals surface area contributed by atoms with Gasteiger partial charge in [0.2, 0.25) is 0 Å². The Morgan fingerprint density at radius 1 is 0.492 bits per heavy atom. The lowest BCUT2D eigenvalue weighted by molar-refractivity contribution is 0.0711. The van der Waals surface area contributed by atoms with E-state index >= 15 is 4.39 Å². The highest BCUT2D eigenvalue weighted by Gasteiger charge is 2.18. The fourth-order valence-corrected chi connectivity index (χ4v) is 5.95. The molecule has 0 aliphatic carbocycles. The lowest BCUT2D eigenvalue weighted by Crippen LogP contribution is -2.13. The minimum atomic E-state index is -0.953. The summed E-state index contributed by atoms with van der Waals surface area (Å²) >= 11 is 0. The molecule has 0 N–H and O–H groups in total. The number of carbonyl (C=O) groups excluding carboxylic acids is 4. The molecular weight excluding hydrogens is 754 g/mol. The van der Waals surface area contributed by atoms with E-state index in [4.69, 9.17) is 28.9 Å². The summed E-state index contributed by atoms with van der Waals surface area (Å²) in [6, 6.07) is 29.1. The van der Waals surface area contributed by atoms with Gasteiger partial charge in [-0.2, -0.15) is 5.26 Å². The van der Waals surface area contributed by atoms with E-state index in [0.717, 1.165) is 25.0 Å². The average molecular weight is 800 g/mol. The van der Waals surface area contributed by atoms with Crippen molar-refractivity contribution < 1.29 is 47.3 Å². The number of halogens is 1. The third kappa shape index (κ3) is 14.0. The Balaban J connectivity index is 1.04. The van der Waals surface area contributed by atoms with Crippen molar-refractivity contribution in [3.8, 4) is 34.8 Å². The maximum atomic E-state index is 15.0. The molecule has 59 heavy (non-hydrogen) atoms. The van der Waals surface area contributed by atoms with Crippen LogP contribution in [-0.4, -0.2) is 30.5 Å². The first-order chi connectivity index (χ1) is 28.7. The molecule has 0 heterocycles. The molecule has 5 rings (SSSR count). The molecule has 0 aromatic heterocycles. The first kappa shape index (κ1) is 43.3. The van der Waals surface area contributed by atoms with Gasteiger partial charge in [-0.05, 0) is 116 Å². The maximum Gasteiger partial charge on any atom is 0.343 e. The molecule has 0 saturated carbocycles. The van der Waals surface area contributed by atoms with E-state index in [1.807, 2.05) is 6.07 Å². The van der Waals surface area contributed by atoms with E-state index < -0.39 is 29.7 Å². The van der Waals surface area contributed by atoms with Gasteiger partial charge in [0.1, 0.15) is 23.0 Å². The van der Waals surface area contributed by atoms with Crippen molar-refractivity contribution in [3.63, 3.8) is 0 Å². The Morgan fingerprint density at radius 3 is 1.51 bits per heavy atom. The number of nitriles is 1. The van der Waals surface area contributed by atoms with Crippen molar-refractivity contribution in [2.24, 2.45) is 0 Å². The highest BCUT2D eigenvalue weighted by molar-refractivity contribution is 5.95. The predicted octanol–water partition coefficient (Wildman–Crippen LogP) is 11.3. The number of hydrogen-bond acceptors (Lipinski definition) is 10. The van der Waals surface area contributed by atoms with Gasteiger partial charge in [-0.1, -0.05) is 77.2 Å². The normalized spacial score (nSPS) is 10.6. The highest BCUT2D eigenvalue weighted by atomic mass is 19.1. The molecule has 10 nitrogen and oxygen atoms in total. The number of nitrogens with zero attached hydrogens (tertiary/aromatic N) is 1. The van der Waals surface area contributed by atoms with Crippen molar-refractivity contribution >= 4 is 23.9 Å². The van der Waals surface area contributed by atoms with Gasteiger partial charge in [-0.25, -0.2) is 23.6 Å². The fourth-order valence-electron chi connectivity index (χ4n) is 5.95. The zero-order valence-electron chi connectivity index (χ0n) is 33.0. The number of carbonyl (C=O) groups is 4. The van der Waals surface area contributed by atoms with Gasteiger partial charge >= 0.3 is 23.9 Å². The number of benzene rings is 5. The fraction of sp³-hybridized carbons (Fsp3) is 0.271. The van der Waals surface area contributed by atoms with Crippen LogP contribution in [0.15, 0.2) is 115 Å². The van der Waals surface area contributed by atoms with Crippen LogP contribution < -0.4 is 23.7 Å². The van der Waals surface area contributed by atoms with Crippen LogP contribution in [0.5, 0.6) is 28.7 Å². The summed E-state index contributed by atoms with van der Waals surface area (Å²) in [7, 11) is 0. The maximum absolute atomic E-state index is 15.0. The van der Waals surface area contributed by atoms with Gasteiger partial charge in [0.15, 0.2) is 11.6 Å². The van der Waals surface area contributed by atoms with Crippen molar-refractivity contribution in [2.45, 2.75) is 77.6 Å². The number of unbranched alkanes of at least 4 members (excludes halogenated alkanes) is 10. The molecule has 5 aromatic carbocycles. The van der Waals surface area contributed by atoms with Gasteiger partial charge in [-0.3, -0.25) is 0 Å². The molecule has 0 radical (unpaired) electrons. The van der Waals surface area contributed by atoms with E-state index in [-0.39, 0.29) is 45.3 Å². The summed E-state index contributed by atoms with van der Waals surface area (Å²) in [5, 5.41) is 8.91. The molecule has 11 heteroatoms. The Morgan fingerprint density at radius 2 is 0.949 bits per heavy atom. The minimum Gasteiger partial charge on any atom is -0.494 e. The van der Waals surface area contributed by atoms with Crippen LogP contribution in [0.2, 0.25) is 0 Å². The summed E-state index contributed by atoms with van der Waals surface area (Å²) in [6.45, 7) is 2.82. The van der Waals surface area contributed by atoms with Crippen LogP contribution in [-0.2, 0) is 0 Å². The summed E-state index contributed by atoms with van der Waals surface area (Å²) in [6.07, 6.45) is 13.8. The molecule has 0 unspecified atom stereocenters. The monoisotopic (exact) mass is 799 g/mol. The highest BCUT2D eigenvalue weighted by Crippen LogP contribution is 2.24. The number of rotatable bonds is 21. The Hall–Kier alpha value is -6.80. The number of hydrogen-bond donors (Lipinski definition) is 0. The first-order valence-corrected chi connectivity index (χ1v) is 19.8. The van der Waals surface area contributed by atoms with Gasteiger partial charge in [-0.15, -0.1) is 0 Å². The second-order valence-electron chi connectivity index (χ2n) is 13.8. The molecule has 0 aliphatic rings. The van der Waals surface area contributed by atoms with E-state index in [1.165, 1.54) is 137 Å². The SMILES string of the molecule is CCCCCCCCCCCCCOc1ccc(C(=O)Oc2ccc(C(=O)Oc3cccc(C(=O)Oc4ccc(C(=O)Oc5ccc(C#N)cc5)cc4)c3)cc2F)cc1. The summed E-state index contributed by atoms with van der Waals surface area (Å²) in [5.41, 5.74) is 0.719. The third-order valence-corrected chi connectivity index (χ3v) is 9.25. The van der Waals surface area contributed by atoms with Crippen LogP contribution >= 0.6 is 0 Å². The predicted molar refractivity (Wildman–Crippen MR) is 219 cm³/mol. The van der Waals surface area contributed by atoms with Gasteiger partial charge in [0, 0.05) is 0 Å². The molecule has 0 amide bonds. The second kappa shape index (κ2) is 22.8. The molecule has 0 aliphatic heterocycles. The van der Waals surface area contributed by atoms with Crippen molar-refractivity contribution in [3.05, 3.63) is 149 Å². The first-order valence-electron chi connectivity index (χ1n) is 19.8. The quantitative estimate of drug-likeness (QED) is 0.0400. The number of esters is 4.